The summed E-state index contributed by atoms with van der Waals surface area (Å²) in [6, 6.07) is 12.3. The molecule has 4 aromatic rings. The summed E-state index contributed by atoms with van der Waals surface area (Å²) in [5.74, 6) is -0.325. The maximum absolute atomic E-state index is 12.5. The van der Waals surface area contributed by atoms with Gasteiger partial charge in [0, 0.05) is 6.20 Å². The minimum Gasteiger partial charge on any atom is -0.480 e. The number of carbonyl (C=O) groups excluding carboxylic acids is 1. The Kier molecular flexibility index (Phi) is 3.88. The second-order valence-corrected chi connectivity index (χ2v) is 5.62. The normalized spacial score (nSPS) is 10.9. The average molecular weight is 362 g/mol. The van der Waals surface area contributed by atoms with Crippen LogP contribution in [0.15, 0.2) is 53.5 Å². The molecule has 0 radical (unpaired) electrons. The predicted molar refractivity (Wildman–Crippen MR) is 97.8 cm³/mol. The SMILES string of the molecule is COc1ncccc1-c1nc(C(N)=O)c2[nH]c(=O)n(-c3ccccc3)c2n1. The number of fused-ring (bicyclic) bond motifs is 1. The second kappa shape index (κ2) is 6.37. The quantitative estimate of drug-likeness (QED) is 0.563. The van der Waals surface area contributed by atoms with Gasteiger partial charge in [0.25, 0.3) is 5.91 Å². The highest BCUT2D eigenvalue weighted by molar-refractivity contribution is 6.02. The average Bonchev–Trinajstić information content (AvgIpc) is 3.03. The van der Waals surface area contributed by atoms with Crippen LogP contribution in [0.1, 0.15) is 10.5 Å². The van der Waals surface area contributed by atoms with Gasteiger partial charge in [-0.25, -0.2) is 24.3 Å². The van der Waals surface area contributed by atoms with Gasteiger partial charge in [-0.3, -0.25) is 4.79 Å². The highest BCUT2D eigenvalue weighted by atomic mass is 16.5. The van der Waals surface area contributed by atoms with E-state index >= 15 is 0 Å². The zero-order valence-corrected chi connectivity index (χ0v) is 14.2. The molecule has 0 aliphatic heterocycles. The van der Waals surface area contributed by atoms with Crippen LogP contribution in [0.2, 0.25) is 0 Å². The van der Waals surface area contributed by atoms with Gasteiger partial charge in [-0.2, -0.15) is 0 Å². The van der Waals surface area contributed by atoms with Crippen molar-refractivity contribution in [2.24, 2.45) is 5.73 Å². The molecule has 0 atom stereocenters. The molecule has 1 aromatic carbocycles. The van der Waals surface area contributed by atoms with Gasteiger partial charge in [0.1, 0.15) is 5.52 Å². The number of nitrogens with zero attached hydrogens (tertiary/aromatic N) is 4. The molecule has 0 aliphatic rings. The number of ether oxygens (including phenoxy) is 1. The lowest BCUT2D eigenvalue weighted by atomic mass is 10.2. The van der Waals surface area contributed by atoms with Crippen molar-refractivity contribution in [3.05, 3.63) is 64.8 Å². The Morgan fingerprint density at radius 2 is 1.93 bits per heavy atom. The van der Waals surface area contributed by atoms with Crippen molar-refractivity contribution < 1.29 is 9.53 Å². The van der Waals surface area contributed by atoms with Crippen molar-refractivity contribution in [3.63, 3.8) is 0 Å². The third-order valence-corrected chi connectivity index (χ3v) is 3.99. The minimum atomic E-state index is -0.784. The van der Waals surface area contributed by atoms with Crippen LogP contribution in [0.5, 0.6) is 5.88 Å². The van der Waals surface area contributed by atoms with Gasteiger partial charge in [0.15, 0.2) is 17.2 Å². The molecular weight excluding hydrogens is 348 g/mol. The molecular formula is C18H14N6O3. The Labute approximate surface area is 152 Å². The molecule has 134 valence electrons. The fourth-order valence-corrected chi connectivity index (χ4v) is 2.82. The first kappa shape index (κ1) is 16.5. The lowest BCUT2D eigenvalue weighted by molar-refractivity contribution is 0.0997. The first-order valence-electron chi connectivity index (χ1n) is 7.97. The third kappa shape index (κ3) is 2.71. The molecule has 3 N–H and O–H groups in total. The number of primary amides is 1. The molecule has 1 amide bonds. The lowest BCUT2D eigenvalue weighted by Crippen LogP contribution is -2.15. The number of imidazole rings is 1. The number of aromatic nitrogens is 5. The van der Waals surface area contributed by atoms with E-state index in [0.29, 0.717) is 11.3 Å². The summed E-state index contributed by atoms with van der Waals surface area (Å²) >= 11 is 0. The Balaban J connectivity index is 2.09. The number of pyridine rings is 1. The van der Waals surface area contributed by atoms with E-state index in [9.17, 15) is 9.59 Å². The first-order valence-corrected chi connectivity index (χ1v) is 7.97. The smallest absolute Gasteiger partial charge is 0.332 e. The van der Waals surface area contributed by atoms with Crippen LogP contribution in [-0.2, 0) is 0 Å². The minimum absolute atomic E-state index is 0.0901. The van der Waals surface area contributed by atoms with Crippen LogP contribution < -0.4 is 16.2 Å². The van der Waals surface area contributed by atoms with Gasteiger partial charge in [0.05, 0.1) is 18.4 Å². The highest BCUT2D eigenvalue weighted by Crippen LogP contribution is 2.27. The Hall–Kier alpha value is -4.01. The Morgan fingerprint density at radius 3 is 2.63 bits per heavy atom. The van der Waals surface area contributed by atoms with Crippen molar-refractivity contribution in [3.8, 4) is 23.0 Å². The van der Waals surface area contributed by atoms with E-state index in [4.69, 9.17) is 10.5 Å². The molecule has 27 heavy (non-hydrogen) atoms. The number of nitrogens with one attached hydrogen (secondary N) is 1. The second-order valence-electron chi connectivity index (χ2n) is 5.62. The van der Waals surface area contributed by atoms with Gasteiger partial charge in [-0.05, 0) is 24.3 Å². The maximum atomic E-state index is 12.5. The van der Waals surface area contributed by atoms with Gasteiger partial charge in [-0.15, -0.1) is 0 Å². The molecule has 3 aromatic heterocycles. The molecule has 0 spiro atoms. The van der Waals surface area contributed by atoms with Crippen LogP contribution >= 0.6 is 0 Å². The van der Waals surface area contributed by atoms with E-state index in [0.717, 1.165) is 0 Å². The number of hydrogen-bond donors (Lipinski definition) is 2. The van der Waals surface area contributed by atoms with E-state index in [2.05, 4.69) is 19.9 Å². The van der Waals surface area contributed by atoms with E-state index in [1.807, 2.05) is 6.07 Å². The third-order valence-electron chi connectivity index (χ3n) is 3.99. The maximum Gasteiger partial charge on any atom is 0.332 e. The van der Waals surface area contributed by atoms with Crippen LogP contribution in [0.3, 0.4) is 0 Å². The molecule has 3 heterocycles. The number of nitrogens with two attached hydrogens (primary N) is 1. The van der Waals surface area contributed by atoms with E-state index in [1.54, 1.807) is 42.6 Å². The zero-order valence-electron chi connectivity index (χ0n) is 14.2. The van der Waals surface area contributed by atoms with Gasteiger partial charge in [-0.1, -0.05) is 18.2 Å². The number of H-pyrrole nitrogens is 1. The summed E-state index contributed by atoms with van der Waals surface area (Å²) < 4.78 is 6.61. The largest absolute Gasteiger partial charge is 0.480 e. The number of benzene rings is 1. The summed E-state index contributed by atoms with van der Waals surface area (Å²) in [6.07, 6.45) is 1.56. The summed E-state index contributed by atoms with van der Waals surface area (Å²) in [4.78, 5) is 40.0. The molecule has 9 nitrogen and oxygen atoms in total. The molecule has 0 bridgehead atoms. The molecule has 0 fully saturated rings. The summed E-state index contributed by atoms with van der Waals surface area (Å²) in [5.41, 5.74) is 6.40. The topological polar surface area (TPSA) is 129 Å². The monoisotopic (exact) mass is 362 g/mol. The van der Waals surface area contributed by atoms with Crippen molar-refractivity contribution in [1.82, 2.24) is 24.5 Å². The van der Waals surface area contributed by atoms with E-state index in [-0.39, 0.29) is 28.6 Å². The van der Waals surface area contributed by atoms with Crippen LogP contribution in [0.4, 0.5) is 0 Å². The van der Waals surface area contributed by atoms with Crippen molar-refractivity contribution in [1.29, 1.82) is 0 Å². The molecule has 0 unspecified atom stereocenters. The molecule has 0 aliphatic carbocycles. The zero-order chi connectivity index (χ0) is 19.0. The van der Waals surface area contributed by atoms with Gasteiger partial charge >= 0.3 is 5.69 Å². The van der Waals surface area contributed by atoms with Crippen molar-refractivity contribution in [2.45, 2.75) is 0 Å². The van der Waals surface area contributed by atoms with Gasteiger partial charge in [0.2, 0.25) is 5.88 Å². The number of hydrogen-bond acceptors (Lipinski definition) is 6. The fraction of sp³-hybridized carbons (Fsp3) is 0.0556. The molecule has 4 rings (SSSR count). The Bertz CT molecular complexity index is 1210. The standard InChI is InChI=1S/C18H14N6O3/c1-27-17-11(8-5-9-20-17)15-21-12(14(19)25)13-16(23-15)24(18(26)22-13)10-6-3-2-4-7-10/h2-9H,1H3,(H2,19,25)(H,22,26). The van der Waals surface area contributed by atoms with Crippen molar-refractivity contribution >= 4 is 17.1 Å². The molecule has 0 saturated heterocycles. The molecule has 0 saturated carbocycles. The van der Waals surface area contributed by atoms with E-state index < -0.39 is 11.6 Å². The fourth-order valence-electron chi connectivity index (χ4n) is 2.82. The summed E-state index contributed by atoms with van der Waals surface area (Å²) in [6.45, 7) is 0. The summed E-state index contributed by atoms with van der Waals surface area (Å²) in [7, 11) is 1.47. The lowest BCUT2D eigenvalue weighted by Gasteiger charge is -2.08. The summed E-state index contributed by atoms with van der Waals surface area (Å²) in [5, 5.41) is 0. The van der Waals surface area contributed by atoms with E-state index in [1.165, 1.54) is 11.7 Å². The highest BCUT2D eigenvalue weighted by Gasteiger charge is 2.21. The Morgan fingerprint density at radius 1 is 1.15 bits per heavy atom. The predicted octanol–water partition coefficient (Wildman–Crippen LogP) is 1.28. The van der Waals surface area contributed by atoms with Crippen LogP contribution in [0, 0.1) is 0 Å². The van der Waals surface area contributed by atoms with Crippen LogP contribution in [-0.4, -0.2) is 37.5 Å². The number of carbonyl (C=O) groups is 1. The van der Waals surface area contributed by atoms with Crippen molar-refractivity contribution in [2.75, 3.05) is 7.11 Å². The van der Waals surface area contributed by atoms with Gasteiger partial charge < -0.3 is 15.5 Å². The number of aromatic amines is 1. The number of para-hydroxylation sites is 1. The first-order chi connectivity index (χ1) is 13.1. The molecule has 9 heteroatoms. The number of methoxy groups -OCH3 is 1. The van der Waals surface area contributed by atoms with Crippen LogP contribution in [0.25, 0.3) is 28.2 Å². The number of rotatable bonds is 4. The number of amides is 1.